The summed E-state index contributed by atoms with van der Waals surface area (Å²) in [5, 5.41) is 9.42. The van der Waals surface area contributed by atoms with Gasteiger partial charge in [-0.1, -0.05) is 12.1 Å². The summed E-state index contributed by atoms with van der Waals surface area (Å²) < 4.78 is 13.8. The molecular formula is C14H12N2O2S2. The van der Waals surface area contributed by atoms with Gasteiger partial charge in [0.25, 0.3) is 0 Å². The molecule has 1 heterocycles. The highest BCUT2D eigenvalue weighted by Gasteiger charge is 2.12. The van der Waals surface area contributed by atoms with E-state index in [1.165, 1.54) is 11.3 Å². The Hall–Kier alpha value is -1.92. The van der Waals surface area contributed by atoms with Gasteiger partial charge in [0, 0.05) is 5.69 Å². The van der Waals surface area contributed by atoms with Crippen molar-refractivity contribution in [2.24, 2.45) is 0 Å². The van der Waals surface area contributed by atoms with E-state index in [0.717, 1.165) is 15.8 Å². The van der Waals surface area contributed by atoms with Crippen molar-refractivity contribution >= 4 is 38.0 Å². The van der Waals surface area contributed by atoms with Gasteiger partial charge in [0.2, 0.25) is 0 Å². The third-order valence-corrected chi connectivity index (χ3v) is 5.49. The topological polar surface area (TPSA) is 76.2 Å². The minimum Gasteiger partial charge on any atom is -0.508 e. The Balaban J connectivity index is 1.88. The van der Waals surface area contributed by atoms with Crippen LogP contribution >= 0.6 is 11.3 Å². The van der Waals surface area contributed by atoms with Gasteiger partial charge in [0.15, 0.2) is 4.34 Å². The maximum Gasteiger partial charge on any atom is 0.182 e. The number of nitrogens with zero attached hydrogens (tertiary/aromatic N) is 1. The zero-order valence-corrected chi connectivity index (χ0v) is 12.1. The third kappa shape index (κ3) is 2.66. The molecule has 0 aliphatic heterocycles. The Morgan fingerprint density at radius 2 is 2.10 bits per heavy atom. The van der Waals surface area contributed by atoms with Crippen LogP contribution in [-0.2, 0) is 16.6 Å². The molecule has 1 atom stereocenters. The summed E-state index contributed by atoms with van der Waals surface area (Å²) in [4.78, 5) is 4.37. The molecule has 2 aromatic carbocycles. The fourth-order valence-corrected chi connectivity index (χ4v) is 4.25. The number of thiazole rings is 1. The quantitative estimate of drug-likeness (QED) is 0.729. The molecule has 0 bridgehead atoms. The first-order chi connectivity index (χ1) is 9.61. The van der Waals surface area contributed by atoms with Crippen LogP contribution in [0.4, 0.5) is 5.69 Å². The van der Waals surface area contributed by atoms with Crippen molar-refractivity contribution in [3.63, 3.8) is 0 Å². The Labute approximate surface area is 122 Å². The molecule has 6 heteroatoms. The lowest BCUT2D eigenvalue weighted by Gasteiger charge is -1.99. The van der Waals surface area contributed by atoms with Gasteiger partial charge in [-0.05, 0) is 35.9 Å². The van der Waals surface area contributed by atoms with E-state index < -0.39 is 10.8 Å². The van der Waals surface area contributed by atoms with Crippen LogP contribution in [0, 0.1) is 0 Å². The molecule has 3 rings (SSSR count). The molecule has 0 saturated carbocycles. The molecule has 3 N–H and O–H groups in total. The van der Waals surface area contributed by atoms with E-state index in [1.54, 1.807) is 24.3 Å². The Bertz CT molecular complexity index is 799. The number of aromatic nitrogens is 1. The van der Waals surface area contributed by atoms with E-state index in [-0.39, 0.29) is 5.75 Å². The number of hydrogen-bond donors (Lipinski definition) is 2. The van der Waals surface area contributed by atoms with Crippen LogP contribution in [0.2, 0.25) is 0 Å². The molecule has 0 aliphatic rings. The van der Waals surface area contributed by atoms with Crippen LogP contribution in [0.1, 0.15) is 5.56 Å². The number of hydrogen-bond acceptors (Lipinski definition) is 5. The van der Waals surface area contributed by atoms with Crippen molar-refractivity contribution in [2.45, 2.75) is 10.1 Å². The Morgan fingerprint density at radius 1 is 1.25 bits per heavy atom. The number of nitrogens with two attached hydrogens (primary N) is 1. The van der Waals surface area contributed by atoms with Crippen LogP contribution < -0.4 is 5.73 Å². The highest BCUT2D eigenvalue weighted by molar-refractivity contribution is 7.86. The number of phenolic OH excluding ortho intramolecular Hbond substituents is 1. The van der Waals surface area contributed by atoms with E-state index in [2.05, 4.69) is 4.98 Å². The van der Waals surface area contributed by atoms with Crippen LogP contribution in [0.3, 0.4) is 0 Å². The summed E-state index contributed by atoms with van der Waals surface area (Å²) in [5.41, 5.74) is 8.03. The van der Waals surface area contributed by atoms with Crippen molar-refractivity contribution in [3.8, 4) is 5.75 Å². The molecule has 0 amide bonds. The van der Waals surface area contributed by atoms with Gasteiger partial charge in [0.05, 0.1) is 26.8 Å². The summed E-state index contributed by atoms with van der Waals surface area (Å²) in [5.74, 6) is 0.514. The second-order valence-electron chi connectivity index (χ2n) is 4.37. The first kappa shape index (κ1) is 13.1. The zero-order valence-electron chi connectivity index (χ0n) is 10.4. The maximum absolute atomic E-state index is 12.3. The van der Waals surface area contributed by atoms with Crippen molar-refractivity contribution in [1.29, 1.82) is 0 Å². The summed E-state index contributed by atoms with van der Waals surface area (Å²) >= 11 is 1.39. The molecule has 4 nitrogen and oxygen atoms in total. The number of anilines is 1. The predicted molar refractivity (Wildman–Crippen MR) is 82.3 cm³/mol. The lowest BCUT2D eigenvalue weighted by atomic mass is 10.2. The van der Waals surface area contributed by atoms with Gasteiger partial charge in [0.1, 0.15) is 5.75 Å². The van der Waals surface area contributed by atoms with Crippen molar-refractivity contribution < 1.29 is 9.32 Å². The number of benzene rings is 2. The molecule has 0 spiro atoms. The number of nitrogen functional groups attached to an aromatic ring is 1. The largest absolute Gasteiger partial charge is 0.508 e. The van der Waals surface area contributed by atoms with E-state index >= 15 is 0 Å². The highest BCUT2D eigenvalue weighted by atomic mass is 32.2. The third-order valence-electron chi connectivity index (χ3n) is 2.80. The van der Waals surface area contributed by atoms with Gasteiger partial charge in [-0.25, -0.2) is 4.98 Å². The normalized spacial score (nSPS) is 12.6. The Morgan fingerprint density at radius 3 is 2.90 bits per heavy atom. The van der Waals surface area contributed by atoms with E-state index in [1.807, 2.05) is 18.2 Å². The molecule has 1 aromatic heterocycles. The highest BCUT2D eigenvalue weighted by Crippen LogP contribution is 2.27. The summed E-state index contributed by atoms with van der Waals surface area (Å²) in [6.07, 6.45) is 0. The van der Waals surface area contributed by atoms with Crippen LogP contribution in [-0.4, -0.2) is 14.3 Å². The number of phenols is 1. The molecule has 102 valence electrons. The molecular weight excluding hydrogens is 292 g/mol. The van der Waals surface area contributed by atoms with Gasteiger partial charge < -0.3 is 10.8 Å². The average Bonchev–Trinajstić information content (AvgIpc) is 2.81. The second kappa shape index (κ2) is 5.22. The monoisotopic (exact) mass is 304 g/mol. The molecule has 0 saturated heterocycles. The molecule has 0 radical (unpaired) electrons. The zero-order chi connectivity index (χ0) is 14.1. The SMILES string of the molecule is Nc1ccc2nc(S(=O)Cc3cccc(O)c3)sc2c1. The van der Waals surface area contributed by atoms with E-state index in [9.17, 15) is 9.32 Å². The second-order valence-corrected chi connectivity index (χ2v) is 7.02. The summed E-state index contributed by atoms with van der Waals surface area (Å²) in [6.45, 7) is 0. The fourth-order valence-electron chi connectivity index (χ4n) is 1.88. The predicted octanol–water partition coefficient (Wildman–Crippen LogP) is 2.89. The minimum atomic E-state index is -1.23. The lowest BCUT2D eigenvalue weighted by Crippen LogP contribution is -1.95. The molecule has 3 aromatic rings. The smallest absolute Gasteiger partial charge is 0.182 e. The molecule has 20 heavy (non-hydrogen) atoms. The number of rotatable bonds is 3. The van der Waals surface area contributed by atoms with Crippen LogP contribution in [0.25, 0.3) is 10.2 Å². The van der Waals surface area contributed by atoms with Crippen LogP contribution in [0.5, 0.6) is 5.75 Å². The lowest BCUT2D eigenvalue weighted by molar-refractivity contribution is 0.475. The maximum atomic E-state index is 12.3. The Kier molecular flexibility index (Phi) is 3.42. The molecule has 1 unspecified atom stereocenters. The molecule has 0 fully saturated rings. The van der Waals surface area contributed by atoms with Crippen molar-refractivity contribution in [3.05, 3.63) is 48.0 Å². The minimum absolute atomic E-state index is 0.177. The van der Waals surface area contributed by atoms with Crippen LogP contribution in [0.15, 0.2) is 46.8 Å². The van der Waals surface area contributed by atoms with E-state index in [4.69, 9.17) is 5.73 Å². The fraction of sp³-hybridized carbons (Fsp3) is 0.0714. The van der Waals surface area contributed by atoms with Crippen molar-refractivity contribution in [2.75, 3.05) is 5.73 Å². The van der Waals surface area contributed by atoms with Gasteiger partial charge in [-0.3, -0.25) is 4.21 Å². The first-order valence-corrected chi connectivity index (χ1v) is 8.08. The number of aromatic hydroxyl groups is 1. The van der Waals surface area contributed by atoms with Gasteiger partial charge >= 0.3 is 0 Å². The first-order valence-electron chi connectivity index (χ1n) is 5.94. The summed E-state index contributed by atoms with van der Waals surface area (Å²) in [6, 6.07) is 12.2. The van der Waals surface area contributed by atoms with Crippen molar-refractivity contribution in [1.82, 2.24) is 4.98 Å². The van der Waals surface area contributed by atoms with Gasteiger partial charge in [-0.15, -0.1) is 11.3 Å². The average molecular weight is 304 g/mol. The number of fused-ring (bicyclic) bond motifs is 1. The van der Waals surface area contributed by atoms with E-state index in [0.29, 0.717) is 15.8 Å². The standard InChI is InChI=1S/C14H12N2O2S2/c15-10-4-5-12-13(7-10)19-14(16-12)20(18)8-9-2-1-3-11(17)6-9/h1-7,17H,8,15H2. The molecule has 0 aliphatic carbocycles. The summed E-state index contributed by atoms with van der Waals surface area (Å²) in [7, 11) is -1.23. The van der Waals surface area contributed by atoms with Gasteiger partial charge in [-0.2, -0.15) is 0 Å².